The van der Waals surface area contributed by atoms with Crippen molar-refractivity contribution in [3.05, 3.63) is 34.5 Å². The van der Waals surface area contributed by atoms with Crippen molar-refractivity contribution in [1.82, 2.24) is 24.5 Å². The highest BCUT2D eigenvalue weighted by molar-refractivity contribution is 6.36. The van der Waals surface area contributed by atoms with Crippen molar-refractivity contribution in [3.63, 3.8) is 0 Å². The predicted molar refractivity (Wildman–Crippen MR) is 135 cm³/mol. The maximum Gasteiger partial charge on any atom is 0.409 e. The molecule has 202 valence electrons. The number of aromatic nitrogens is 4. The molecule has 0 unspecified atom stereocenters. The maximum absolute atomic E-state index is 14.3. The summed E-state index contributed by atoms with van der Waals surface area (Å²) in [6.45, 7) is 1.05. The van der Waals surface area contributed by atoms with Crippen LogP contribution in [0.2, 0.25) is 5.02 Å². The summed E-state index contributed by atoms with van der Waals surface area (Å²) in [5, 5.41) is 29.5. The molecule has 11 nitrogen and oxygen atoms in total. The second-order valence-electron chi connectivity index (χ2n) is 9.73. The Labute approximate surface area is 225 Å². The lowest BCUT2D eigenvalue weighted by atomic mass is 10.1. The van der Waals surface area contributed by atoms with E-state index in [1.807, 2.05) is 12.1 Å². The molecule has 2 saturated heterocycles. The largest absolute Gasteiger partial charge is 0.409 e. The number of nitrogens with one attached hydrogen (secondary N) is 2. The molecule has 2 aliphatic heterocycles. The molecule has 0 amide bonds. The van der Waals surface area contributed by atoms with Crippen LogP contribution in [-0.4, -0.2) is 81.6 Å². The fourth-order valence-corrected chi connectivity index (χ4v) is 5.01. The Bertz CT molecular complexity index is 1510. The summed E-state index contributed by atoms with van der Waals surface area (Å²) in [6.07, 6.45) is -1.24. The molecule has 15 heteroatoms. The number of anilines is 4. The third kappa shape index (κ3) is 4.87. The van der Waals surface area contributed by atoms with Crippen molar-refractivity contribution < 1.29 is 17.9 Å². The molecule has 0 radical (unpaired) electrons. The summed E-state index contributed by atoms with van der Waals surface area (Å²) in [5.74, 6) is 0.403. The fraction of sp³-hybridized carbons (Fsp3) is 0.458. The number of hydrogen-bond donors (Lipinski definition) is 2. The molecular formula is C24H22ClF3N10O. The first-order chi connectivity index (χ1) is 18.7. The molecule has 3 aliphatic rings. The first kappa shape index (κ1) is 25.4. The van der Waals surface area contributed by atoms with E-state index in [2.05, 4.69) is 25.7 Å². The minimum atomic E-state index is -4.53. The molecular weight excluding hydrogens is 537 g/mol. The smallest absolute Gasteiger partial charge is 0.378 e. The molecule has 1 aliphatic carbocycles. The van der Waals surface area contributed by atoms with E-state index in [1.54, 1.807) is 4.90 Å². The number of ether oxygens (including phenoxy) is 1. The van der Waals surface area contributed by atoms with Gasteiger partial charge in [0.25, 0.3) is 0 Å². The Morgan fingerprint density at radius 2 is 1.90 bits per heavy atom. The highest BCUT2D eigenvalue weighted by Crippen LogP contribution is 2.41. The molecule has 3 aromatic rings. The molecule has 1 aromatic carbocycles. The summed E-state index contributed by atoms with van der Waals surface area (Å²) >= 11 is 6.71. The highest BCUT2D eigenvalue weighted by Gasteiger charge is 2.48. The zero-order valence-corrected chi connectivity index (χ0v) is 21.2. The Hall–Kier alpha value is -3.85. The van der Waals surface area contributed by atoms with Gasteiger partial charge in [0.15, 0.2) is 5.65 Å². The average Bonchev–Trinajstić information content (AvgIpc) is 3.59. The number of piperazine rings is 1. The number of nitriles is 2. The SMILES string of the molecule is N#Cc1cc(Nc2nc(NC3CC3)n3ncc(C#N)c3n2)c(Cl)c(N2CCN(C3COC3)C[C@@H]2C(F)(F)F)c1. The van der Waals surface area contributed by atoms with E-state index in [9.17, 15) is 23.7 Å². The number of hydrogen-bond acceptors (Lipinski definition) is 10. The third-order valence-corrected chi connectivity index (χ3v) is 7.46. The van der Waals surface area contributed by atoms with E-state index in [0.29, 0.717) is 25.7 Å². The molecule has 1 saturated carbocycles. The van der Waals surface area contributed by atoms with Crippen molar-refractivity contribution in [3.8, 4) is 12.1 Å². The van der Waals surface area contributed by atoms with Gasteiger partial charge in [-0.3, -0.25) is 4.90 Å². The molecule has 39 heavy (non-hydrogen) atoms. The Kier molecular flexibility index (Phi) is 6.33. The quantitative estimate of drug-likeness (QED) is 0.464. The number of rotatable bonds is 6. The van der Waals surface area contributed by atoms with Gasteiger partial charge in [0, 0.05) is 25.7 Å². The molecule has 0 spiro atoms. The number of alkyl halides is 3. The van der Waals surface area contributed by atoms with Gasteiger partial charge in [-0.15, -0.1) is 0 Å². The van der Waals surface area contributed by atoms with Gasteiger partial charge in [-0.2, -0.15) is 43.3 Å². The van der Waals surface area contributed by atoms with Gasteiger partial charge in [-0.05, 0) is 25.0 Å². The van der Waals surface area contributed by atoms with Crippen LogP contribution in [0, 0.1) is 22.7 Å². The summed E-state index contributed by atoms with van der Waals surface area (Å²) in [5.41, 5.74) is 0.844. The van der Waals surface area contributed by atoms with Crippen LogP contribution in [0.4, 0.5) is 36.4 Å². The van der Waals surface area contributed by atoms with Gasteiger partial charge in [0.05, 0.1) is 53.5 Å². The average molecular weight is 559 g/mol. The lowest BCUT2D eigenvalue weighted by molar-refractivity contribution is -0.165. The van der Waals surface area contributed by atoms with E-state index in [0.717, 1.165) is 12.8 Å². The second-order valence-corrected chi connectivity index (χ2v) is 10.1. The summed E-state index contributed by atoms with van der Waals surface area (Å²) < 4.78 is 49.4. The first-order valence-corrected chi connectivity index (χ1v) is 12.7. The van der Waals surface area contributed by atoms with Gasteiger partial charge in [0.2, 0.25) is 11.9 Å². The van der Waals surface area contributed by atoms with Crippen LogP contribution in [0.5, 0.6) is 0 Å². The lowest BCUT2D eigenvalue weighted by Crippen LogP contribution is -2.64. The minimum Gasteiger partial charge on any atom is -0.378 e. The summed E-state index contributed by atoms with van der Waals surface area (Å²) in [6, 6.07) is 5.19. The zero-order chi connectivity index (χ0) is 27.3. The van der Waals surface area contributed by atoms with Gasteiger partial charge < -0.3 is 20.3 Å². The van der Waals surface area contributed by atoms with Crippen molar-refractivity contribution in [2.24, 2.45) is 0 Å². The van der Waals surface area contributed by atoms with Crippen LogP contribution in [0.1, 0.15) is 24.0 Å². The van der Waals surface area contributed by atoms with Gasteiger partial charge in [-0.1, -0.05) is 11.6 Å². The third-order valence-electron chi connectivity index (χ3n) is 7.06. The Balaban J connectivity index is 1.37. The van der Waals surface area contributed by atoms with Crippen molar-refractivity contribution in [2.75, 3.05) is 48.4 Å². The number of fused-ring (bicyclic) bond motifs is 1. The van der Waals surface area contributed by atoms with Crippen molar-refractivity contribution in [1.29, 1.82) is 10.5 Å². The molecule has 0 bridgehead atoms. The van der Waals surface area contributed by atoms with Crippen molar-refractivity contribution in [2.45, 2.75) is 37.1 Å². The Morgan fingerprint density at radius 1 is 1.10 bits per heavy atom. The lowest BCUT2D eigenvalue weighted by Gasteiger charge is -2.48. The van der Waals surface area contributed by atoms with E-state index in [1.165, 1.54) is 27.7 Å². The maximum atomic E-state index is 14.3. The van der Waals surface area contributed by atoms with E-state index in [4.69, 9.17) is 16.3 Å². The molecule has 3 fully saturated rings. The van der Waals surface area contributed by atoms with Crippen LogP contribution < -0.4 is 15.5 Å². The van der Waals surface area contributed by atoms with Crippen LogP contribution in [0.25, 0.3) is 5.65 Å². The monoisotopic (exact) mass is 558 g/mol. The molecule has 2 aromatic heterocycles. The Morgan fingerprint density at radius 3 is 2.54 bits per heavy atom. The molecule has 1 atom stereocenters. The van der Waals surface area contributed by atoms with Crippen LogP contribution in [0.15, 0.2) is 18.3 Å². The van der Waals surface area contributed by atoms with Crippen LogP contribution in [-0.2, 0) is 4.74 Å². The topological polar surface area (TPSA) is 130 Å². The van der Waals surface area contributed by atoms with Crippen molar-refractivity contribution >= 4 is 40.5 Å². The van der Waals surface area contributed by atoms with Gasteiger partial charge >= 0.3 is 6.18 Å². The van der Waals surface area contributed by atoms with Gasteiger partial charge in [-0.25, -0.2) is 0 Å². The normalized spacial score (nSPS) is 20.4. The van der Waals surface area contributed by atoms with Crippen LogP contribution in [0.3, 0.4) is 0 Å². The number of halogens is 4. The van der Waals surface area contributed by atoms with E-state index in [-0.39, 0.29) is 64.3 Å². The summed E-state index contributed by atoms with van der Waals surface area (Å²) in [7, 11) is 0. The van der Waals surface area contributed by atoms with E-state index >= 15 is 0 Å². The van der Waals surface area contributed by atoms with Gasteiger partial charge in [0.1, 0.15) is 17.7 Å². The zero-order valence-electron chi connectivity index (χ0n) is 20.4. The highest BCUT2D eigenvalue weighted by atomic mass is 35.5. The standard InChI is InChI=1S/C24H22ClF3N10O/c25-20-17(33-22-34-21-14(8-30)9-31-38(21)23(35-22)32-15-1-2-15)5-13(7-29)6-18(20)37-4-3-36(16-11-39-12-16)10-19(37)24(26,27)28/h5-6,9,15-16,19H,1-4,10-12H2,(H2,32,33,34,35)/t19-/m1/s1. The molecule has 6 rings (SSSR count). The first-order valence-electron chi connectivity index (χ1n) is 12.3. The molecule has 4 heterocycles. The predicted octanol–water partition coefficient (Wildman–Crippen LogP) is 3.29. The number of nitrogens with zero attached hydrogens (tertiary/aromatic N) is 8. The second kappa shape index (κ2) is 9.72. The van der Waals surface area contributed by atoms with Crippen LogP contribution >= 0.6 is 11.6 Å². The van der Waals surface area contributed by atoms with E-state index < -0.39 is 12.2 Å². The fourth-order valence-electron chi connectivity index (χ4n) is 4.75. The number of benzene rings is 1. The minimum absolute atomic E-state index is 0.00197. The summed E-state index contributed by atoms with van der Waals surface area (Å²) in [4.78, 5) is 11.9. The molecule has 2 N–H and O–H groups in total.